The molecule has 8 atom stereocenters. The van der Waals surface area contributed by atoms with Crippen LogP contribution in [0.1, 0.15) is 107 Å². The van der Waals surface area contributed by atoms with E-state index in [2.05, 4.69) is 84.2 Å². The van der Waals surface area contributed by atoms with Gasteiger partial charge in [0.25, 0.3) is 0 Å². The molecule has 2 aliphatic heterocycles. The van der Waals surface area contributed by atoms with Crippen LogP contribution in [0.25, 0.3) is 0 Å². The molecule has 0 aromatic heterocycles. The van der Waals surface area contributed by atoms with E-state index in [4.69, 9.17) is 18.6 Å². The van der Waals surface area contributed by atoms with Crippen LogP contribution in [-0.4, -0.2) is 50.9 Å². The van der Waals surface area contributed by atoms with E-state index in [1.807, 2.05) is 29.2 Å². The Kier molecular flexibility index (Phi) is 15.9. The molecular formula is C34H59IO5Si. The van der Waals surface area contributed by atoms with Crippen LogP contribution < -0.4 is 0 Å². The summed E-state index contributed by atoms with van der Waals surface area (Å²) >= 11 is 2.16. The van der Waals surface area contributed by atoms with Gasteiger partial charge in [0.15, 0.2) is 0 Å². The Morgan fingerprint density at radius 1 is 0.902 bits per heavy atom. The van der Waals surface area contributed by atoms with E-state index in [9.17, 15) is 4.79 Å². The number of rotatable bonds is 16. The van der Waals surface area contributed by atoms with Gasteiger partial charge in [-0.1, -0.05) is 90.1 Å². The van der Waals surface area contributed by atoms with Crippen molar-refractivity contribution < 1.29 is 23.4 Å². The first kappa shape index (κ1) is 36.7. The van der Waals surface area contributed by atoms with Crippen LogP contribution in [0.2, 0.25) is 16.6 Å². The maximum atomic E-state index is 13.2. The molecule has 7 heteroatoms. The van der Waals surface area contributed by atoms with Gasteiger partial charge < -0.3 is 18.6 Å². The molecule has 0 radical (unpaired) electrons. The summed E-state index contributed by atoms with van der Waals surface area (Å²) in [5, 5.41) is 0. The summed E-state index contributed by atoms with van der Waals surface area (Å²) < 4.78 is 28.3. The number of carbonyl (C=O) groups is 1. The minimum atomic E-state index is -2.09. The minimum absolute atomic E-state index is 0.00227. The molecule has 0 aromatic carbocycles. The van der Waals surface area contributed by atoms with Gasteiger partial charge in [0.2, 0.25) is 8.32 Å². The van der Waals surface area contributed by atoms with Crippen molar-refractivity contribution >= 4 is 36.9 Å². The standard InChI is InChI=1S/C34H59IO5Si/c1-11-26(9)18-28-14-13-15-29(37-28)19-30-20-32(40-41(23(3)4,24(5)6)25(7)8)21-31(38-30)22-34(36)39-33(16-17-35)27(10)12-2/h11-12,16-17,23-33H,1-2,13-15,18-22H2,3-10H3/b17-16+/t26-,27-,28+,29-,30-,31-,32+,33-/m0/s1. The Bertz CT molecular complexity index is 821. The molecule has 0 N–H and O–H groups in total. The molecule has 0 saturated carbocycles. The average molecular weight is 703 g/mol. The Morgan fingerprint density at radius 3 is 2.05 bits per heavy atom. The molecular weight excluding hydrogens is 643 g/mol. The Balaban J connectivity index is 2.22. The second-order valence-electron chi connectivity index (χ2n) is 13.5. The van der Waals surface area contributed by atoms with Crippen LogP contribution in [0.5, 0.6) is 0 Å². The van der Waals surface area contributed by atoms with Crippen LogP contribution in [0.4, 0.5) is 0 Å². The second-order valence-corrected chi connectivity index (χ2v) is 19.6. The number of ether oxygens (including phenoxy) is 3. The molecule has 236 valence electrons. The van der Waals surface area contributed by atoms with E-state index in [1.165, 1.54) is 6.42 Å². The zero-order chi connectivity index (χ0) is 30.7. The van der Waals surface area contributed by atoms with Crippen LogP contribution in [0, 0.1) is 11.8 Å². The van der Waals surface area contributed by atoms with Gasteiger partial charge in [0.05, 0.1) is 36.9 Å². The van der Waals surface area contributed by atoms with Crippen LogP contribution in [-0.2, 0) is 23.4 Å². The predicted octanol–water partition coefficient (Wildman–Crippen LogP) is 9.71. The molecule has 0 bridgehead atoms. The fourth-order valence-electron chi connectivity index (χ4n) is 7.19. The van der Waals surface area contributed by atoms with E-state index in [0.717, 1.165) is 38.5 Å². The van der Waals surface area contributed by atoms with Gasteiger partial charge in [-0.3, -0.25) is 4.79 Å². The summed E-state index contributed by atoms with van der Waals surface area (Å²) in [7, 11) is -2.09. The second kappa shape index (κ2) is 17.7. The zero-order valence-corrected chi connectivity index (χ0v) is 30.3. The first-order valence-corrected chi connectivity index (χ1v) is 19.4. The molecule has 5 nitrogen and oxygen atoms in total. The van der Waals surface area contributed by atoms with Crippen molar-refractivity contribution in [3.05, 3.63) is 35.5 Å². The quantitative estimate of drug-likeness (QED) is 0.0694. The first-order chi connectivity index (χ1) is 19.4. The maximum absolute atomic E-state index is 13.2. The molecule has 2 saturated heterocycles. The van der Waals surface area contributed by atoms with Gasteiger partial charge in [0.1, 0.15) is 6.10 Å². The van der Waals surface area contributed by atoms with Crippen molar-refractivity contribution in [3.63, 3.8) is 0 Å². The lowest BCUT2D eigenvalue weighted by Crippen LogP contribution is -2.53. The van der Waals surface area contributed by atoms with E-state index in [0.29, 0.717) is 22.5 Å². The highest BCUT2D eigenvalue weighted by atomic mass is 127. The third-order valence-electron chi connectivity index (χ3n) is 9.33. The highest BCUT2D eigenvalue weighted by Crippen LogP contribution is 2.45. The Morgan fingerprint density at radius 2 is 1.49 bits per heavy atom. The molecule has 0 amide bonds. The molecule has 0 unspecified atom stereocenters. The van der Waals surface area contributed by atoms with Crippen LogP contribution >= 0.6 is 22.6 Å². The molecule has 2 fully saturated rings. The lowest BCUT2D eigenvalue weighted by atomic mass is 9.91. The van der Waals surface area contributed by atoms with Crippen molar-refractivity contribution in [2.75, 3.05) is 0 Å². The molecule has 0 aromatic rings. The van der Waals surface area contributed by atoms with E-state index in [1.54, 1.807) is 0 Å². The molecule has 2 heterocycles. The maximum Gasteiger partial charge on any atom is 0.309 e. The van der Waals surface area contributed by atoms with Gasteiger partial charge in [0, 0.05) is 5.92 Å². The summed E-state index contributed by atoms with van der Waals surface area (Å²) in [5.41, 5.74) is 1.51. The zero-order valence-electron chi connectivity index (χ0n) is 27.2. The topological polar surface area (TPSA) is 54.0 Å². The smallest absolute Gasteiger partial charge is 0.309 e. The molecule has 41 heavy (non-hydrogen) atoms. The Labute approximate surface area is 266 Å². The van der Waals surface area contributed by atoms with Crippen molar-refractivity contribution in [2.45, 2.75) is 160 Å². The number of esters is 1. The first-order valence-electron chi connectivity index (χ1n) is 16.1. The summed E-state index contributed by atoms with van der Waals surface area (Å²) in [6.07, 6.45) is 12.8. The van der Waals surface area contributed by atoms with Gasteiger partial charge in [-0.2, -0.15) is 0 Å². The fraction of sp³-hybridized carbons (Fsp3) is 0.794. The van der Waals surface area contributed by atoms with Gasteiger partial charge >= 0.3 is 5.97 Å². The summed E-state index contributed by atoms with van der Waals surface area (Å²) in [5.74, 6) is 0.264. The SMILES string of the molecule is C=C[C@H](C)C[C@H]1CCC[C@@H](C[C@H]2C[C@@H](O[Si](C(C)C)(C(C)C)C(C)C)C[C@@H](CC(=O)O[C@@H](/C=C/I)[C@@H](C)C=C)O2)O1. The molecule has 2 aliphatic rings. The van der Waals surface area contributed by atoms with Gasteiger partial charge in [-0.15, -0.1) is 13.2 Å². The molecule has 2 rings (SSSR count). The van der Waals surface area contributed by atoms with E-state index in [-0.39, 0.29) is 54.9 Å². The van der Waals surface area contributed by atoms with Crippen molar-refractivity contribution in [1.82, 2.24) is 0 Å². The number of hydrogen-bond donors (Lipinski definition) is 0. The van der Waals surface area contributed by atoms with E-state index < -0.39 is 8.32 Å². The van der Waals surface area contributed by atoms with E-state index >= 15 is 0 Å². The summed E-state index contributed by atoms with van der Waals surface area (Å²) in [6.45, 7) is 26.1. The van der Waals surface area contributed by atoms with Crippen molar-refractivity contribution in [3.8, 4) is 0 Å². The average Bonchev–Trinajstić information content (AvgIpc) is 2.90. The van der Waals surface area contributed by atoms with Crippen molar-refractivity contribution in [1.29, 1.82) is 0 Å². The van der Waals surface area contributed by atoms with Crippen LogP contribution in [0.15, 0.2) is 35.5 Å². The number of carbonyl (C=O) groups excluding carboxylic acids is 1. The minimum Gasteiger partial charge on any atom is -0.457 e. The lowest BCUT2D eigenvalue weighted by Gasteiger charge is -2.47. The Hall–Kier alpha value is -0.483. The third-order valence-corrected chi connectivity index (χ3v) is 15.9. The summed E-state index contributed by atoms with van der Waals surface area (Å²) in [4.78, 5) is 13.2. The molecule has 0 spiro atoms. The highest BCUT2D eigenvalue weighted by molar-refractivity contribution is 14.1. The number of halogens is 1. The van der Waals surface area contributed by atoms with Crippen LogP contribution in [0.3, 0.4) is 0 Å². The monoisotopic (exact) mass is 702 g/mol. The number of allylic oxidation sites excluding steroid dienone is 1. The van der Waals surface area contributed by atoms with Crippen molar-refractivity contribution in [2.24, 2.45) is 11.8 Å². The summed E-state index contributed by atoms with van der Waals surface area (Å²) in [6, 6.07) is 0. The predicted molar refractivity (Wildman–Crippen MR) is 182 cm³/mol. The van der Waals surface area contributed by atoms with Gasteiger partial charge in [-0.05, 0) is 77.6 Å². The number of hydrogen-bond acceptors (Lipinski definition) is 5. The molecule has 0 aliphatic carbocycles. The fourth-order valence-corrected chi connectivity index (χ4v) is 13.2. The lowest BCUT2D eigenvalue weighted by molar-refractivity contribution is -0.160. The third kappa shape index (κ3) is 10.9. The normalized spacial score (nSPS) is 28.1. The highest BCUT2D eigenvalue weighted by Gasteiger charge is 2.48. The van der Waals surface area contributed by atoms with Gasteiger partial charge in [-0.25, -0.2) is 0 Å². The largest absolute Gasteiger partial charge is 0.457 e.